The zero-order chi connectivity index (χ0) is 18.1. The van der Waals surface area contributed by atoms with E-state index in [9.17, 15) is 9.90 Å². The fourth-order valence-electron chi connectivity index (χ4n) is 2.52. The third-order valence-electron chi connectivity index (χ3n) is 4.64. The van der Waals surface area contributed by atoms with Gasteiger partial charge < -0.3 is 25.5 Å². The van der Waals surface area contributed by atoms with Crippen molar-refractivity contribution in [3.8, 4) is 0 Å². The lowest BCUT2D eigenvalue weighted by molar-refractivity contribution is 0.00578. The Labute approximate surface area is 143 Å². The molecule has 6 nitrogen and oxygen atoms in total. The van der Waals surface area contributed by atoms with Crippen molar-refractivity contribution < 1.29 is 19.2 Å². The molecule has 130 valence electrons. The van der Waals surface area contributed by atoms with E-state index in [0.29, 0.717) is 17.8 Å². The van der Waals surface area contributed by atoms with Crippen LogP contribution in [0.2, 0.25) is 0 Å². The molecule has 0 unspecified atom stereocenters. The molecule has 0 aliphatic carbocycles. The predicted molar refractivity (Wildman–Crippen MR) is 95.8 cm³/mol. The van der Waals surface area contributed by atoms with Gasteiger partial charge in [0.05, 0.1) is 16.8 Å². The second-order valence-electron chi connectivity index (χ2n) is 6.95. The first-order valence-corrected chi connectivity index (χ1v) is 7.91. The van der Waals surface area contributed by atoms with E-state index in [-0.39, 0.29) is 5.56 Å². The summed E-state index contributed by atoms with van der Waals surface area (Å²) < 4.78 is 12.1. The number of hydrogen-bond donors (Lipinski definition) is 3. The molecule has 1 heterocycles. The second-order valence-corrected chi connectivity index (χ2v) is 6.95. The van der Waals surface area contributed by atoms with Gasteiger partial charge in [-0.05, 0) is 52.3 Å². The molecule has 1 aliphatic rings. The Balaban J connectivity index is 2.47. The standard InChI is InChI=1S/C17H25BN2O4/c1-16(2)17(3,4)24-18(23-16)11(10-20-5)9-13-12(15(21)22)7-6-8-14(13)19/h6-9,20H,10,19H2,1-5H3,(H,21,22). The van der Waals surface area contributed by atoms with Crippen LogP contribution in [0, 0.1) is 0 Å². The third kappa shape index (κ3) is 3.48. The molecule has 1 fully saturated rings. The van der Waals surface area contributed by atoms with Crippen LogP contribution in [0.4, 0.5) is 5.69 Å². The Hall–Kier alpha value is -1.83. The van der Waals surface area contributed by atoms with Crippen LogP contribution in [0.15, 0.2) is 23.7 Å². The van der Waals surface area contributed by atoms with Gasteiger partial charge in [0.15, 0.2) is 0 Å². The Kier molecular flexibility index (Phi) is 5.08. The lowest BCUT2D eigenvalue weighted by atomic mass is 9.76. The number of nitrogens with one attached hydrogen (secondary N) is 1. The number of anilines is 1. The maximum atomic E-state index is 11.5. The summed E-state index contributed by atoms with van der Waals surface area (Å²) in [7, 11) is 1.25. The van der Waals surface area contributed by atoms with Crippen molar-refractivity contribution in [2.24, 2.45) is 0 Å². The maximum absolute atomic E-state index is 11.5. The van der Waals surface area contributed by atoms with Gasteiger partial charge >= 0.3 is 13.1 Å². The highest BCUT2D eigenvalue weighted by Crippen LogP contribution is 2.39. The summed E-state index contributed by atoms with van der Waals surface area (Å²) in [4.78, 5) is 11.5. The molecule has 0 atom stereocenters. The number of benzene rings is 1. The molecule has 1 aromatic carbocycles. The first-order chi connectivity index (χ1) is 11.1. The molecule has 0 spiro atoms. The number of carbonyl (C=O) groups is 1. The fourth-order valence-corrected chi connectivity index (χ4v) is 2.52. The summed E-state index contributed by atoms with van der Waals surface area (Å²) in [6, 6.07) is 4.84. The van der Waals surface area contributed by atoms with Crippen LogP contribution in [0.3, 0.4) is 0 Å². The molecule has 1 aliphatic heterocycles. The molecule has 0 radical (unpaired) electrons. The Bertz CT molecular complexity index is 655. The minimum Gasteiger partial charge on any atom is -0.478 e. The molecule has 24 heavy (non-hydrogen) atoms. The highest BCUT2D eigenvalue weighted by atomic mass is 16.7. The summed E-state index contributed by atoms with van der Waals surface area (Å²) in [5.41, 5.74) is 6.87. The fraction of sp³-hybridized carbons (Fsp3) is 0.471. The topological polar surface area (TPSA) is 93.8 Å². The lowest BCUT2D eigenvalue weighted by Crippen LogP contribution is -2.41. The minimum absolute atomic E-state index is 0.153. The molecule has 1 saturated heterocycles. The number of aromatic carboxylic acids is 1. The summed E-state index contributed by atoms with van der Waals surface area (Å²) in [6.45, 7) is 8.39. The van der Waals surface area contributed by atoms with E-state index in [1.807, 2.05) is 34.7 Å². The van der Waals surface area contributed by atoms with Crippen molar-refractivity contribution in [3.63, 3.8) is 0 Å². The van der Waals surface area contributed by atoms with Gasteiger partial charge in [0.1, 0.15) is 0 Å². The Morgan fingerprint density at radius 1 is 1.29 bits per heavy atom. The van der Waals surface area contributed by atoms with Crippen LogP contribution in [0.1, 0.15) is 43.6 Å². The molecular weight excluding hydrogens is 307 g/mol. The van der Waals surface area contributed by atoms with Gasteiger partial charge in [0.25, 0.3) is 0 Å². The summed E-state index contributed by atoms with van der Waals surface area (Å²) in [5.74, 6) is -1.02. The molecule has 2 rings (SSSR count). The number of nitrogen functional groups attached to an aromatic ring is 1. The SMILES string of the molecule is CNCC(=Cc1c(N)cccc1C(=O)O)B1OC(C)(C)C(C)(C)O1. The van der Waals surface area contributed by atoms with Crippen molar-refractivity contribution in [2.75, 3.05) is 19.3 Å². The maximum Gasteiger partial charge on any atom is 0.491 e. The molecule has 1 aromatic rings. The van der Waals surface area contributed by atoms with Crippen molar-refractivity contribution in [1.82, 2.24) is 5.32 Å². The van der Waals surface area contributed by atoms with Gasteiger partial charge in [-0.1, -0.05) is 12.1 Å². The number of hydrogen-bond acceptors (Lipinski definition) is 5. The van der Waals surface area contributed by atoms with E-state index in [2.05, 4.69) is 5.32 Å². The van der Waals surface area contributed by atoms with Gasteiger partial charge in [-0.2, -0.15) is 0 Å². The molecular formula is C17H25BN2O4. The van der Waals surface area contributed by atoms with Crippen LogP contribution in [0.5, 0.6) is 0 Å². The predicted octanol–water partition coefficient (Wildman–Crippen LogP) is 2.20. The van der Waals surface area contributed by atoms with Crippen LogP contribution in [0.25, 0.3) is 6.08 Å². The van der Waals surface area contributed by atoms with E-state index >= 15 is 0 Å². The van der Waals surface area contributed by atoms with Crippen molar-refractivity contribution >= 4 is 24.9 Å². The smallest absolute Gasteiger partial charge is 0.478 e. The number of carboxylic acid groups (broad SMARTS) is 1. The number of likely N-dealkylation sites (N-methyl/N-ethyl adjacent to an activating group) is 1. The highest BCUT2D eigenvalue weighted by Gasteiger charge is 2.52. The molecule has 0 aromatic heterocycles. The van der Waals surface area contributed by atoms with Crippen LogP contribution in [-0.4, -0.2) is 43.0 Å². The zero-order valence-electron chi connectivity index (χ0n) is 14.8. The third-order valence-corrected chi connectivity index (χ3v) is 4.64. The Morgan fingerprint density at radius 3 is 2.38 bits per heavy atom. The minimum atomic E-state index is -1.02. The van der Waals surface area contributed by atoms with E-state index < -0.39 is 24.3 Å². The molecule has 7 heteroatoms. The van der Waals surface area contributed by atoms with Crippen molar-refractivity contribution in [1.29, 1.82) is 0 Å². The molecule has 0 saturated carbocycles. The summed E-state index contributed by atoms with van der Waals surface area (Å²) in [5, 5.41) is 12.5. The Morgan fingerprint density at radius 2 is 1.88 bits per heavy atom. The highest BCUT2D eigenvalue weighted by molar-refractivity contribution is 6.56. The molecule has 0 amide bonds. The number of rotatable bonds is 5. The van der Waals surface area contributed by atoms with E-state index in [4.69, 9.17) is 15.0 Å². The number of carboxylic acids is 1. The van der Waals surface area contributed by atoms with Crippen molar-refractivity contribution in [2.45, 2.75) is 38.9 Å². The average molecular weight is 332 g/mol. The van der Waals surface area contributed by atoms with Crippen LogP contribution in [-0.2, 0) is 9.31 Å². The second kappa shape index (κ2) is 6.59. The molecule has 4 N–H and O–H groups in total. The largest absolute Gasteiger partial charge is 0.491 e. The quantitative estimate of drug-likeness (QED) is 0.565. The van der Waals surface area contributed by atoms with Crippen molar-refractivity contribution in [3.05, 3.63) is 34.8 Å². The molecule has 0 bridgehead atoms. The summed E-state index contributed by atoms with van der Waals surface area (Å²) in [6.07, 6.45) is 1.75. The monoisotopic (exact) mass is 332 g/mol. The van der Waals surface area contributed by atoms with Gasteiger partial charge in [0, 0.05) is 17.8 Å². The van der Waals surface area contributed by atoms with Crippen LogP contribution < -0.4 is 11.1 Å². The van der Waals surface area contributed by atoms with Gasteiger partial charge in [-0.3, -0.25) is 0 Å². The van der Waals surface area contributed by atoms with E-state index in [1.54, 1.807) is 18.2 Å². The lowest BCUT2D eigenvalue weighted by Gasteiger charge is -2.32. The number of nitrogens with two attached hydrogens (primary N) is 1. The van der Waals surface area contributed by atoms with Crippen LogP contribution >= 0.6 is 0 Å². The van der Waals surface area contributed by atoms with Gasteiger partial charge in [-0.25, -0.2) is 4.79 Å². The van der Waals surface area contributed by atoms with Gasteiger partial charge in [-0.15, -0.1) is 0 Å². The zero-order valence-corrected chi connectivity index (χ0v) is 14.8. The normalized spacial score (nSPS) is 19.5. The first kappa shape index (κ1) is 18.5. The average Bonchev–Trinajstić information content (AvgIpc) is 2.68. The van der Waals surface area contributed by atoms with Gasteiger partial charge in [0.2, 0.25) is 0 Å². The van der Waals surface area contributed by atoms with E-state index in [0.717, 1.165) is 5.47 Å². The summed E-state index contributed by atoms with van der Waals surface area (Å²) >= 11 is 0. The first-order valence-electron chi connectivity index (χ1n) is 7.91. The van der Waals surface area contributed by atoms with E-state index in [1.165, 1.54) is 6.07 Å².